The van der Waals surface area contributed by atoms with Gasteiger partial charge in [0, 0.05) is 12.1 Å². The first kappa shape index (κ1) is 19.4. The van der Waals surface area contributed by atoms with Gasteiger partial charge in [-0.3, -0.25) is 9.36 Å². The van der Waals surface area contributed by atoms with Gasteiger partial charge in [-0.1, -0.05) is 43.7 Å². The summed E-state index contributed by atoms with van der Waals surface area (Å²) in [5.41, 5.74) is 0.460. The van der Waals surface area contributed by atoms with E-state index >= 15 is 0 Å². The first-order valence-corrected chi connectivity index (χ1v) is 11.1. The Bertz CT molecular complexity index is 851. The van der Waals surface area contributed by atoms with Crippen molar-refractivity contribution >= 4 is 17.7 Å². The predicted molar refractivity (Wildman–Crippen MR) is 109 cm³/mol. The van der Waals surface area contributed by atoms with Gasteiger partial charge in [0.1, 0.15) is 5.82 Å². The zero-order valence-electron chi connectivity index (χ0n) is 16.4. The monoisotopic (exact) mass is 402 g/mol. The fourth-order valence-electron chi connectivity index (χ4n) is 3.89. The van der Waals surface area contributed by atoms with Crippen molar-refractivity contribution in [3.63, 3.8) is 0 Å². The predicted octanol–water partition coefficient (Wildman–Crippen LogP) is 4.59. The van der Waals surface area contributed by atoms with Crippen LogP contribution in [0.25, 0.3) is 11.4 Å². The number of carbonyl (C=O) groups excluding carboxylic acids is 1. The topological polar surface area (TPSA) is 59.8 Å². The average Bonchev–Trinajstić information content (AvgIpc) is 3.44. The molecular weight excluding hydrogens is 375 g/mol. The molecule has 28 heavy (non-hydrogen) atoms. The lowest BCUT2D eigenvalue weighted by atomic mass is 9.86. The molecule has 1 aromatic carbocycles. The number of hydrogen-bond donors (Lipinski definition) is 1. The average molecular weight is 403 g/mol. The van der Waals surface area contributed by atoms with Crippen LogP contribution < -0.4 is 5.32 Å². The largest absolute Gasteiger partial charge is 0.352 e. The lowest BCUT2D eigenvalue weighted by Crippen LogP contribution is -2.44. The van der Waals surface area contributed by atoms with Crippen LogP contribution in [0.4, 0.5) is 4.39 Å². The highest BCUT2D eigenvalue weighted by Gasteiger charge is 2.33. The number of nitrogens with one attached hydrogen (secondary N) is 1. The van der Waals surface area contributed by atoms with E-state index in [1.54, 1.807) is 18.2 Å². The molecule has 1 heterocycles. The van der Waals surface area contributed by atoms with E-state index < -0.39 is 0 Å². The summed E-state index contributed by atoms with van der Waals surface area (Å²) in [4.78, 5) is 12.7. The molecule has 2 aliphatic carbocycles. The second-order valence-corrected chi connectivity index (χ2v) is 9.33. The van der Waals surface area contributed by atoms with Gasteiger partial charge in [-0.15, -0.1) is 10.2 Å². The van der Waals surface area contributed by atoms with Gasteiger partial charge in [0.2, 0.25) is 5.91 Å². The summed E-state index contributed by atoms with van der Waals surface area (Å²) < 4.78 is 16.3. The third kappa shape index (κ3) is 4.09. The van der Waals surface area contributed by atoms with Gasteiger partial charge in [-0.25, -0.2) is 4.39 Å². The van der Waals surface area contributed by atoms with Gasteiger partial charge < -0.3 is 5.32 Å². The molecule has 5 nitrogen and oxygen atoms in total. The van der Waals surface area contributed by atoms with E-state index in [4.69, 9.17) is 0 Å². The number of aromatic nitrogens is 3. The molecule has 2 fully saturated rings. The molecule has 0 unspecified atom stereocenters. The first-order chi connectivity index (χ1) is 13.5. The van der Waals surface area contributed by atoms with Crippen LogP contribution in [0.5, 0.6) is 0 Å². The number of carbonyl (C=O) groups is 1. The van der Waals surface area contributed by atoms with E-state index in [0.717, 1.165) is 19.3 Å². The van der Waals surface area contributed by atoms with Crippen molar-refractivity contribution in [1.82, 2.24) is 20.1 Å². The standard InChI is InChI=1S/C21H27FN4OS/c1-13-7-3-6-10-18(13)23-20(27)14(2)28-21-25-24-19(26(21)15-11-12-15)16-8-4-5-9-17(16)22/h4-5,8-9,13-15,18H,3,6-7,10-12H2,1-2H3,(H,23,27)/t13-,14+,18-/m1/s1. The first-order valence-electron chi connectivity index (χ1n) is 10.2. The van der Waals surface area contributed by atoms with Crippen LogP contribution in [0.2, 0.25) is 0 Å². The van der Waals surface area contributed by atoms with Crippen molar-refractivity contribution in [3.8, 4) is 11.4 Å². The Kier molecular flexibility index (Phi) is 5.71. The maximum absolute atomic E-state index is 14.3. The van der Waals surface area contributed by atoms with Crippen LogP contribution in [-0.4, -0.2) is 32.0 Å². The fraction of sp³-hybridized carbons (Fsp3) is 0.571. The molecule has 1 N–H and O–H groups in total. The van der Waals surface area contributed by atoms with Gasteiger partial charge >= 0.3 is 0 Å². The number of benzene rings is 1. The number of rotatable bonds is 6. The highest BCUT2D eigenvalue weighted by atomic mass is 32.2. The molecule has 0 saturated heterocycles. The second-order valence-electron chi connectivity index (χ2n) is 8.02. The summed E-state index contributed by atoms with van der Waals surface area (Å²) in [6.45, 7) is 4.12. The van der Waals surface area contributed by atoms with Crippen molar-refractivity contribution in [3.05, 3.63) is 30.1 Å². The van der Waals surface area contributed by atoms with Crippen LogP contribution in [0.15, 0.2) is 29.4 Å². The zero-order chi connectivity index (χ0) is 19.7. The minimum Gasteiger partial charge on any atom is -0.352 e. The second kappa shape index (κ2) is 8.23. The fourth-order valence-corrected chi connectivity index (χ4v) is 4.82. The van der Waals surface area contributed by atoms with Gasteiger partial charge in [-0.2, -0.15) is 0 Å². The van der Waals surface area contributed by atoms with E-state index in [1.807, 2.05) is 11.5 Å². The van der Waals surface area contributed by atoms with Gasteiger partial charge in [0.25, 0.3) is 0 Å². The minimum atomic E-state index is -0.301. The minimum absolute atomic E-state index is 0.0431. The molecular formula is C21H27FN4OS. The van der Waals surface area contributed by atoms with Crippen molar-refractivity contribution in [2.24, 2.45) is 5.92 Å². The third-order valence-corrected chi connectivity index (χ3v) is 6.84. The Morgan fingerprint density at radius 1 is 1.21 bits per heavy atom. The maximum atomic E-state index is 14.3. The molecule has 2 aromatic rings. The molecule has 0 spiro atoms. The van der Waals surface area contributed by atoms with Crippen LogP contribution in [0, 0.1) is 11.7 Å². The summed E-state index contributed by atoms with van der Waals surface area (Å²) in [6.07, 6.45) is 6.73. The molecule has 2 saturated carbocycles. The molecule has 2 aliphatic rings. The Hall–Kier alpha value is -1.89. The summed E-state index contributed by atoms with van der Waals surface area (Å²) in [5, 5.41) is 12.2. The van der Waals surface area contributed by atoms with Crippen molar-refractivity contribution in [2.75, 3.05) is 0 Å². The number of hydrogen-bond acceptors (Lipinski definition) is 4. The molecule has 0 radical (unpaired) electrons. The lowest BCUT2D eigenvalue weighted by Gasteiger charge is -2.30. The highest BCUT2D eigenvalue weighted by Crippen LogP contribution is 2.42. The molecule has 150 valence electrons. The van der Waals surface area contributed by atoms with Crippen molar-refractivity contribution in [2.45, 2.75) is 74.9 Å². The van der Waals surface area contributed by atoms with E-state index in [0.29, 0.717) is 28.5 Å². The molecule has 0 aliphatic heterocycles. The summed E-state index contributed by atoms with van der Waals surface area (Å²) in [5.74, 6) is 0.821. The number of thioether (sulfide) groups is 1. The Balaban J connectivity index is 1.50. The molecule has 3 atom stereocenters. The van der Waals surface area contributed by atoms with Gasteiger partial charge in [-0.05, 0) is 50.7 Å². The van der Waals surface area contributed by atoms with Crippen molar-refractivity contribution < 1.29 is 9.18 Å². The van der Waals surface area contributed by atoms with Crippen LogP contribution in [-0.2, 0) is 4.79 Å². The quantitative estimate of drug-likeness (QED) is 0.718. The molecule has 1 aromatic heterocycles. The molecule has 4 rings (SSSR count). The lowest BCUT2D eigenvalue weighted by molar-refractivity contribution is -0.121. The third-order valence-electron chi connectivity index (χ3n) is 5.78. The molecule has 1 amide bonds. The Morgan fingerprint density at radius 3 is 2.68 bits per heavy atom. The van der Waals surface area contributed by atoms with Gasteiger partial charge in [0.05, 0.1) is 10.8 Å². The number of halogens is 1. The molecule has 7 heteroatoms. The highest BCUT2D eigenvalue weighted by molar-refractivity contribution is 8.00. The van der Waals surface area contributed by atoms with E-state index in [9.17, 15) is 9.18 Å². The van der Waals surface area contributed by atoms with E-state index in [1.165, 1.54) is 37.1 Å². The van der Waals surface area contributed by atoms with Gasteiger partial charge in [0.15, 0.2) is 11.0 Å². The van der Waals surface area contributed by atoms with E-state index in [2.05, 4.69) is 22.4 Å². The zero-order valence-corrected chi connectivity index (χ0v) is 17.2. The SMILES string of the molecule is C[C@H](Sc1nnc(-c2ccccc2F)n1C1CC1)C(=O)N[C@@H]1CCCC[C@H]1C. The van der Waals surface area contributed by atoms with Crippen LogP contribution in [0.1, 0.15) is 58.4 Å². The summed E-state index contributed by atoms with van der Waals surface area (Å²) >= 11 is 1.41. The van der Waals surface area contributed by atoms with Crippen molar-refractivity contribution in [1.29, 1.82) is 0 Å². The smallest absolute Gasteiger partial charge is 0.233 e. The Labute approximate surface area is 169 Å². The van der Waals surface area contributed by atoms with Crippen LogP contribution >= 0.6 is 11.8 Å². The molecule has 0 bridgehead atoms. The maximum Gasteiger partial charge on any atom is 0.233 e. The number of amides is 1. The summed E-state index contributed by atoms with van der Waals surface area (Å²) in [6, 6.07) is 7.20. The van der Waals surface area contributed by atoms with Crippen LogP contribution in [0.3, 0.4) is 0 Å². The normalized spacial score (nSPS) is 23.4. The number of nitrogens with zero attached hydrogens (tertiary/aromatic N) is 3. The summed E-state index contributed by atoms with van der Waals surface area (Å²) in [7, 11) is 0. The Morgan fingerprint density at radius 2 is 1.96 bits per heavy atom. The van der Waals surface area contributed by atoms with E-state index in [-0.39, 0.29) is 23.0 Å².